The monoisotopic (exact) mass is 335 g/mol. The van der Waals surface area contributed by atoms with Crippen molar-refractivity contribution in [1.29, 1.82) is 0 Å². The fraction of sp³-hybridized carbons (Fsp3) is 0.538. The van der Waals surface area contributed by atoms with Crippen LogP contribution in [-0.4, -0.2) is 22.9 Å². The molecule has 0 radical (unpaired) electrons. The molecule has 0 bridgehead atoms. The second-order valence-corrected chi connectivity index (χ2v) is 4.77. The number of hydrogen-bond acceptors (Lipinski definition) is 5. The second-order valence-electron chi connectivity index (χ2n) is 4.77. The highest BCUT2D eigenvalue weighted by atomic mass is 19.4. The molecular weight excluding hydrogens is 319 g/mol. The lowest BCUT2D eigenvalue weighted by Gasteiger charge is -2.23. The molecule has 0 N–H and O–H groups in total. The van der Waals surface area contributed by atoms with E-state index < -0.39 is 38.6 Å². The normalized spacial score (nSPS) is 11.3. The molecule has 0 aliphatic rings. The van der Waals surface area contributed by atoms with Crippen molar-refractivity contribution in [1.82, 2.24) is 0 Å². The Morgan fingerprint density at radius 1 is 1.13 bits per heavy atom. The fourth-order valence-corrected chi connectivity index (χ4v) is 2.22. The van der Waals surface area contributed by atoms with E-state index in [2.05, 4.69) is 0 Å². The SMILES string of the molecule is CCCCN(CC)c1c([N+](=O)[O-])ccc(C(F)(F)F)c1[N+](=O)[O-]. The Balaban J connectivity index is 3.71. The Kier molecular flexibility index (Phi) is 5.88. The van der Waals surface area contributed by atoms with Gasteiger partial charge in [-0.05, 0) is 19.4 Å². The first-order valence-corrected chi connectivity index (χ1v) is 6.93. The lowest BCUT2D eigenvalue weighted by molar-refractivity contribution is -0.394. The van der Waals surface area contributed by atoms with E-state index in [1.54, 1.807) is 6.92 Å². The molecule has 0 saturated heterocycles. The van der Waals surface area contributed by atoms with E-state index in [0.29, 0.717) is 25.0 Å². The molecule has 1 aromatic rings. The highest BCUT2D eigenvalue weighted by molar-refractivity contribution is 5.78. The van der Waals surface area contributed by atoms with Crippen LogP contribution in [0.2, 0.25) is 0 Å². The van der Waals surface area contributed by atoms with E-state index in [1.807, 2.05) is 6.92 Å². The Morgan fingerprint density at radius 3 is 2.13 bits per heavy atom. The smallest absolute Gasteiger partial charge is 0.361 e. The molecule has 128 valence electrons. The van der Waals surface area contributed by atoms with Crippen LogP contribution in [-0.2, 0) is 6.18 Å². The van der Waals surface area contributed by atoms with Gasteiger partial charge in [0.25, 0.3) is 5.69 Å². The first-order valence-electron chi connectivity index (χ1n) is 6.93. The lowest BCUT2D eigenvalue weighted by Crippen LogP contribution is -2.26. The molecule has 10 heteroatoms. The van der Waals surface area contributed by atoms with Gasteiger partial charge in [0.1, 0.15) is 5.56 Å². The standard InChI is InChI=1S/C13H16F3N3O4/c1-3-5-8-17(4-2)12-10(18(20)21)7-6-9(13(14,15)16)11(12)19(22)23/h6-7H,3-5,8H2,1-2H3. The fourth-order valence-electron chi connectivity index (χ4n) is 2.22. The summed E-state index contributed by atoms with van der Waals surface area (Å²) >= 11 is 0. The van der Waals surface area contributed by atoms with E-state index in [0.717, 1.165) is 0 Å². The van der Waals surface area contributed by atoms with Crippen LogP contribution < -0.4 is 4.90 Å². The summed E-state index contributed by atoms with van der Waals surface area (Å²) < 4.78 is 39.1. The molecule has 0 aliphatic carbocycles. The zero-order chi connectivity index (χ0) is 17.8. The zero-order valence-corrected chi connectivity index (χ0v) is 12.6. The van der Waals surface area contributed by atoms with Crippen LogP contribution in [0.25, 0.3) is 0 Å². The third-order valence-electron chi connectivity index (χ3n) is 3.29. The summed E-state index contributed by atoms with van der Waals surface area (Å²) in [5.41, 5.74) is -4.06. The Morgan fingerprint density at radius 2 is 1.74 bits per heavy atom. The summed E-state index contributed by atoms with van der Waals surface area (Å²) in [6.45, 7) is 3.71. The average molecular weight is 335 g/mol. The summed E-state index contributed by atoms with van der Waals surface area (Å²) in [6.07, 6.45) is -3.74. The maximum Gasteiger partial charge on any atom is 0.423 e. The molecule has 0 fully saturated rings. The van der Waals surface area contributed by atoms with Gasteiger partial charge >= 0.3 is 11.9 Å². The van der Waals surface area contributed by atoms with Crippen molar-refractivity contribution in [3.05, 3.63) is 37.9 Å². The van der Waals surface area contributed by atoms with Crippen LogP contribution in [0.1, 0.15) is 32.3 Å². The molecule has 0 aliphatic heterocycles. The summed E-state index contributed by atoms with van der Waals surface area (Å²) in [4.78, 5) is 21.5. The molecular formula is C13H16F3N3O4. The van der Waals surface area contributed by atoms with E-state index in [4.69, 9.17) is 0 Å². The molecule has 1 rings (SSSR count). The van der Waals surface area contributed by atoms with Crippen molar-refractivity contribution in [3.8, 4) is 0 Å². The Hall–Kier alpha value is -2.39. The molecule has 0 spiro atoms. The number of unbranched alkanes of at least 4 members (excludes halogenated alkanes) is 1. The van der Waals surface area contributed by atoms with Crippen LogP contribution in [0.3, 0.4) is 0 Å². The molecule has 7 nitrogen and oxygen atoms in total. The summed E-state index contributed by atoms with van der Waals surface area (Å²) in [5.74, 6) is 0. The van der Waals surface area contributed by atoms with Gasteiger partial charge in [-0.15, -0.1) is 0 Å². The van der Waals surface area contributed by atoms with Crippen molar-refractivity contribution in [2.24, 2.45) is 0 Å². The van der Waals surface area contributed by atoms with E-state index >= 15 is 0 Å². The maximum absolute atomic E-state index is 13.0. The van der Waals surface area contributed by atoms with Crippen LogP contribution in [0.4, 0.5) is 30.2 Å². The van der Waals surface area contributed by atoms with Gasteiger partial charge in [-0.1, -0.05) is 13.3 Å². The number of benzene rings is 1. The van der Waals surface area contributed by atoms with Crippen molar-refractivity contribution in [2.75, 3.05) is 18.0 Å². The minimum atomic E-state index is -4.98. The first kappa shape index (κ1) is 18.7. The van der Waals surface area contributed by atoms with E-state index in [1.165, 1.54) is 4.90 Å². The Bertz CT molecular complexity index is 605. The molecule has 0 unspecified atom stereocenters. The first-order chi connectivity index (χ1) is 10.6. The van der Waals surface area contributed by atoms with Gasteiger partial charge in [0.2, 0.25) is 0 Å². The van der Waals surface area contributed by atoms with Gasteiger partial charge in [0, 0.05) is 19.2 Å². The highest BCUT2D eigenvalue weighted by Gasteiger charge is 2.43. The second kappa shape index (κ2) is 7.25. The van der Waals surface area contributed by atoms with Gasteiger partial charge in [0.15, 0.2) is 5.69 Å². The molecule has 0 amide bonds. The molecule has 1 aromatic carbocycles. The third kappa shape index (κ3) is 4.08. The number of hydrogen-bond donors (Lipinski definition) is 0. The third-order valence-corrected chi connectivity index (χ3v) is 3.29. The molecule has 0 atom stereocenters. The predicted octanol–water partition coefficient (Wildman–Crippen LogP) is 4.15. The minimum Gasteiger partial charge on any atom is -0.361 e. The average Bonchev–Trinajstić information content (AvgIpc) is 2.45. The topological polar surface area (TPSA) is 89.5 Å². The van der Waals surface area contributed by atoms with Crippen LogP contribution in [0, 0.1) is 20.2 Å². The van der Waals surface area contributed by atoms with Gasteiger partial charge in [-0.2, -0.15) is 13.2 Å². The number of nitrogens with zero attached hydrogens (tertiary/aromatic N) is 3. The quantitative estimate of drug-likeness (QED) is 0.551. The van der Waals surface area contributed by atoms with Crippen molar-refractivity contribution < 1.29 is 23.0 Å². The lowest BCUT2D eigenvalue weighted by atomic mass is 10.1. The molecule has 0 saturated carbocycles. The zero-order valence-electron chi connectivity index (χ0n) is 12.6. The van der Waals surface area contributed by atoms with Gasteiger partial charge < -0.3 is 4.90 Å². The van der Waals surface area contributed by atoms with Crippen LogP contribution in [0.15, 0.2) is 12.1 Å². The van der Waals surface area contributed by atoms with Crippen molar-refractivity contribution in [2.45, 2.75) is 32.9 Å². The number of halogens is 3. The molecule has 23 heavy (non-hydrogen) atoms. The van der Waals surface area contributed by atoms with E-state index in [-0.39, 0.29) is 13.1 Å². The van der Waals surface area contributed by atoms with Gasteiger partial charge in [0.05, 0.1) is 9.85 Å². The highest BCUT2D eigenvalue weighted by Crippen LogP contribution is 2.46. The maximum atomic E-state index is 13.0. The largest absolute Gasteiger partial charge is 0.423 e. The number of nitro groups is 2. The van der Waals surface area contributed by atoms with Gasteiger partial charge in [-0.3, -0.25) is 20.2 Å². The predicted molar refractivity (Wildman–Crippen MR) is 77.5 cm³/mol. The van der Waals surface area contributed by atoms with E-state index in [9.17, 15) is 33.4 Å². The summed E-state index contributed by atoms with van der Waals surface area (Å²) in [5, 5.41) is 22.3. The van der Waals surface area contributed by atoms with Crippen molar-refractivity contribution in [3.63, 3.8) is 0 Å². The molecule has 0 heterocycles. The number of anilines is 1. The molecule has 0 aromatic heterocycles. The minimum absolute atomic E-state index is 0.114. The number of rotatable bonds is 7. The van der Waals surface area contributed by atoms with Crippen molar-refractivity contribution >= 4 is 17.1 Å². The van der Waals surface area contributed by atoms with Crippen LogP contribution >= 0.6 is 0 Å². The van der Waals surface area contributed by atoms with Gasteiger partial charge in [-0.25, -0.2) is 0 Å². The van der Waals surface area contributed by atoms with Crippen LogP contribution in [0.5, 0.6) is 0 Å². The number of nitro benzene ring substituents is 2. The number of alkyl halides is 3. The Labute approximate surface area is 130 Å². The summed E-state index contributed by atoms with van der Waals surface area (Å²) in [6, 6.07) is 1.05. The summed E-state index contributed by atoms with van der Waals surface area (Å²) in [7, 11) is 0.